The van der Waals surface area contributed by atoms with Gasteiger partial charge in [-0.3, -0.25) is 4.57 Å². The molecule has 2 aromatic heterocycles. The second-order valence-corrected chi connectivity index (χ2v) is 7.91. The molecule has 0 aliphatic carbocycles. The van der Waals surface area contributed by atoms with E-state index in [0.29, 0.717) is 11.2 Å². The van der Waals surface area contributed by atoms with Crippen molar-refractivity contribution in [3.63, 3.8) is 0 Å². The number of H-pyrrole nitrogens is 1. The number of aromatic amines is 1. The molecule has 1 aliphatic heterocycles. The fourth-order valence-electron chi connectivity index (χ4n) is 4.52. The van der Waals surface area contributed by atoms with Crippen LogP contribution in [0, 0.1) is 18.6 Å². The third kappa shape index (κ3) is 2.24. The smallest absolute Gasteiger partial charge is 0.213 e. The number of rotatable bonds is 1. The van der Waals surface area contributed by atoms with E-state index < -0.39 is 0 Å². The third-order valence-electron chi connectivity index (χ3n) is 5.64. The first-order chi connectivity index (χ1) is 13.0. The number of hydrogen-bond acceptors (Lipinski definition) is 2. The van der Waals surface area contributed by atoms with Crippen molar-refractivity contribution >= 4 is 23.1 Å². The lowest BCUT2D eigenvalue weighted by atomic mass is 9.91. The Balaban J connectivity index is 1.89. The molecule has 0 bridgehead atoms. The fraction of sp³-hybridized carbons (Fsp3) is 0.227. The van der Waals surface area contributed by atoms with E-state index in [1.165, 1.54) is 27.6 Å². The maximum Gasteiger partial charge on any atom is 0.213 e. The van der Waals surface area contributed by atoms with Gasteiger partial charge in [0.2, 0.25) is 5.88 Å². The number of nitrogens with one attached hydrogen (secondary N) is 1. The van der Waals surface area contributed by atoms with Crippen molar-refractivity contribution in [2.75, 3.05) is 0 Å². The number of aromatic nitrogens is 3. The molecule has 0 fully saturated rings. The molecule has 3 heterocycles. The lowest BCUT2D eigenvalue weighted by Crippen LogP contribution is -2.22. The van der Waals surface area contributed by atoms with Crippen LogP contribution in [0.1, 0.15) is 39.7 Å². The lowest BCUT2D eigenvalue weighted by molar-refractivity contribution is 0.424. The molecule has 0 spiro atoms. The molecule has 27 heavy (non-hydrogen) atoms. The third-order valence-corrected chi connectivity index (χ3v) is 6.11. The summed E-state index contributed by atoms with van der Waals surface area (Å²) in [6.07, 6.45) is 0.664. The number of fused-ring (bicyclic) bond motifs is 4. The van der Waals surface area contributed by atoms with Crippen molar-refractivity contribution < 1.29 is 5.11 Å². The molecule has 4 nitrogen and oxygen atoms in total. The number of aromatic hydroxyl groups is 1. The van der Waals surface area contributed by atoms with Gasteiger partial charge in [-0.15, -0.1) is 0 Å². The molecule has 0 amide bonds. The lowest BCUT2D eigenvalue weighted by Gasteiger charge is -2.27. The predicted molar refractivity (Wildman–Crippen MR) is 110 cm³/mol. The second kappa shape index (κ2) is 5.60. The van der Waals surface area contributed by atoms with Crippen molar-refractivity contribution in [1.82, 2.24) is 14.1 Å². The Hall–Kier alpha value is -2.79. The standard InChI is InChI=1S/C22H21N3OS/c1-12-8-13(2)10-14(9-12)20-19-16(15-6-4-5-7-17(15)23-19)11-18-21(26)24(3)22(27)25(18)20/h4-10,20,23,26H,11H2,1-3H3/t20-/m1/s1. The maximum absolute atomic E-state index is 10.7. The van der Waals surface area contributed by atoms with Gasteiger partial charge < -0.3 is 14.7 Å². The molecule has 1 aliphatic rings. The van der Waals surface area contributed by atoms with Gasteiger partial charge in [0.25, 0.3) is 0 Å². The second-order valence-electron chi connectivity index (χ2n) is 7.55. The number of nitrogens with zero attached hydrogens (tertiary/aromatic N) is 2. The summed E-state index contributed by atoms with van der Waals surface area (Å²) < 4.78 is 4.45. The number of para-hydroxylation sites is 1. The van der Waals surface area contributed by atoms with Gasteiger partial charge in [-0.25, -0.2) is 0 Å². The fourth-order valence-corrected chi connectivity index (χ4v) is 4.83. The van der Waals surface area contributed by atoms with Gasteiger partial charge >= 0.3 is 0 Å². The minimum absolute atomic E-state index is 0.0747. The van der Waals surface area contributed by atoms with E-state index in [-0.39, 0.29) is 11.9 Å². The molecular formula is C22H21N3OS. The summed E-state index contributed by atoms with van der Waals surface area (Å²) in [5.74, 6) is 0.255. The maximum atomic E-state index is 10.7. The van der Waals surface area contributed by atoms with E-state index in [4.69, 9.17) is 12.2 Å². The Morgan fingerprint density at radius 1 is 1.11 bits per heavy atom. The highest BCUT2D eigenvalue weighted by Crippen LogP contribution is 2.42. The van der Waals surface area contributed by atoms with Gasteiger partial charge in [0, 0.05) is 30.1 Å². The van der Waals surface area contributed by atoms with E-state index in [2.05, 4.69) is 59.8 Å². The van der Waals surface area contributed by atoms with E-state index in [1.807, 2.05) is 13.1 Å². The average molecular weight is 375 g/mol. The summed E-state index contributed by atoms with van der Waals surface area (Å²) in [6, 6.07) is 14.9. The number of imidazole rings is 1. The molecule has 136 valence electrons. The zero-order chi connectivity index (χ0) is 18.9. The Morgan fingerprint density at radius 2 is 1.81 bits per heavy atom. The van der Waals surface area contributed by atoms with E-state index >= 15 is 0 Å². The molecule has 0 saturated carbocycles. The number of aryl methyl sites for hydroxylation is 2. The molecule has 2 aromatic carbocycles. The first-order valence-electron chi connectivity index (χ1n) is 9.12. The molecule has 5 heteroatoms. The van der Waals surface area contributed by atoms with Crippen LogP contribution in [0.3, 0.4) is 0 Å². The quantitative estimate of drug-likeness (QED) is 0.409. The summed E-state index contributed by atoms with van der Waals surface area (Å²) >= 11 is 5.71. The van der Waals surface area contributed by atoms with Crippen molar-refractivity contribution in [3.05, 3.63) is 80.9 Å². The van der Waals surface area contributed by atoms with Crippen LogP contribution in [0.25, 0.3) is 10.9 Å². The first-order valence-corrected chi connectivity index (χ1v) is 9.53. The average Bonchev–Trinajstić information content (AvgIpc) is 3.11. The highest BCUT2D eigenvalue weighted by molar-refractivity contribution is 7.71. The van der Waals surface area contributed by atoms with Crippen molar-refractivity contribution in [2.45, 2.75) is 26.3 Å². The minimum atomic E-state index is -0.0747. The van der Waals surface area contributed by atoms with Crippen LogP contribution in [0.2, 0.25) is 0 Å². The van der Waals surface area contributed by atoms with Gasteiger partial charge in [0.1, 0.15) is 6.04 Å². The normalized spacial score (nSPS) is 15.7. The van der Waals surface area contributed by atoms with Crippen LogP contribution < -0.4 is 0 Å². The number of benzene rings is 2. The SMILES string of the molecule is Cc1cc(C)cc([C@@H]2c3[nH]c4ccccc4c3Cc3c(O)n(C)c(=S)n32)c1. The molecule has 1 atom stereocenters. The Morgan fingerprint density at radius 3 is 2.56 bits per heavy atom. The van der Waals surface area contributed by atoms with Crippen molar-refractivity contribution in [3.8, 4) is 5.88 Å². The molecular weight excluding hydrogens is 354 g/mol. The van der Waals surface area contributed by atoms with Crippen LogP contribution in [0.15, 0.2) is 42.5 Å². The number of hydrogen-bond donors (Lipinski definition) is 2. The topological polar surface area (TPSA) is 45.9 Å². The van der Waals surface area contributed by atoms with Crippen LogP contribution in [-0.4, -0.2) is 19.2 Å². The van der Waals surface area contributed by atoms with Crippen LogP contribution in [-0.2, 0) is 13.5 Å². The summed E-state index contributed by atoms with van der Waals surface area (Å²) in [6.45, 7) is 4.24. The van der Waals surface area contributed by atoms with Gasteiger partial charge in [0.05, 0.1) is 5.69 Å². The molecule has 2 N–H and O–H groups in total. The van der Waals surface area contributed by atoms with E-state index in [1.54, 1.807) is 4.57 Å². The largest absolute Gasteiger partial charge is 0.493 e. The van der Waals surface area contributed by atoms with Crippen LogP contribution in [0.4, 0.5) is 0 Å². The monoisotopic (exact) mass is 375 g/mol. The molecule has 5 rings (SSSR count). The van der Waals surface area contributed by atoms with E-state index in [9.17, 15) is 5.11 Å². The molecule has 0 radical (unpaired) electrons. The van der Waals surface area contributed by atoms with Gasteiger partial charge in [-0.1, -0.05) is 47.5 Å². The Kier molecular flexibility index (Phi) is 3.40. The highest BCUT2D eigenvalue weighted by atomic mass is 32.1. The van der Waals surface area contributed by atoms with Crippen molar-refractivity contribution in [1.29, 1.82) is 0 Å². The summed E-state index contributed by atoms with van der Waals surface area (Å²) in [5, 5.41) is 11.9. The predicted octanol–water partition coefficient (Wildman–Crippen LogP) is 4.90. The summed E-state index contributed by atoms with van der Waals surface area (Å²) in [4.78, 5) is 3.64. The zero-order valence-electron chi connectivity index (χ0n) is 15.6. The molecule has 0 unspecified atom stereocenters. The summed E-state index contributed by atoms with van der Waals surface area (Å²) in [7, 11) is 1.83. The highest BCUT2D eigenvalue weighted by Gasteiger charge is 2.33. The van der Waals surface area contributed by atoms with Gasteiger partial charge in [-0.05, 0) is 43.3 Å². The first kappa shape index (κ1) is 16.4. The van der Waals surface area contributed by atoms with E-state index in [0.717, 1.165) is 16.9 Å². The Labute approximate surface area is 162 Å². The van der Waals surface area contributed by atoms with Crippen molar-refractivity contribution in [2.24, 2.45) is 7.05 Å². The molecule has 4 aromatic rings. The molecule has 0 saturated heterocycles. The minimum Gasteiger partial charge on any atom is -0.493 e. The van der Waals surface area contributed by atoms with Gasteiger partial charge in [0.15, 0.2) is 4.77 Å². The van der Waals surface area contributed by atoms with Crippen LogP contribution >= 0.6 is 12.2 Å². The Bertz CT molecular complexity index is 1250. The summed E-state index contributed by atoms with van der Waals surface area (Å²) in [5.41, 5.74) is 8.04. The zero-order valence-corrected chi connectivity index (χ0v) is 16.4. The van der Waals surface area contributed by atoms with Gasteiger partial charge in [-0.2, -0.15) is 0 Å². The van der Waals surface area contributed by atoms with Crippen LogP contribution in [0.5, 0.6) is 5.88 Å².